The molecular weight excluding hydrogens is 250 g/mol. The number of ether oxygens (including phenoxy) is 1. The van der Waals surface area contributed by atoms with Crippen LogP contribution in [0, 0.1) is 11.8 Å². The largest absolute Gasteiger partial charge is 0.390 e. The van der Waals surface area contributed by atoms with Crippen LogP contribution in [0.2, 0.25) is 0 Å². The van der Waals surface area contributed by atoms with E-state index in [0.717, 1.165) is 0 Å². The number of nitrogens with zero attached hydrogens (tertiary/aromatic N) is 1. The lowest BCUT2D eigenvalue weighted by molar-refractivity contribution is -0.0101. The first kappa shape index (κ1) is 12.2. The van der Waals surface area contributed by atoms with Gasteiger partial charge in [0.1, 0.15) is 11.8 Å². The molecule has 2 rings (SSSR count). The Bertz CT molecular complexity index is 657. The van der Waals surface area contributed by atoms with Crippen LogP contribution in [-0.4, -0.2) is 33.4 Å². The monoisotopic (exact) mass is 266 g/mol. The molecule has 3 atom stereocenters. The Labute approximate surface area is 110 Å². The molecule has 102 valence electrons. The molecule has 1 aliphatic heterocycles. The fourth-order valence-corrected chi connectivity index (χ4v) is 1.82. The lowest BCUT2D eigenvalue weighted by Crippen LogP contribution is -2.33. The summed E-state index contributed by atoms with van der Waals surface area (Å²) >= 11 is 0. The molecule has 0 spiro atoms. The smallest absolute Gasteiger partial charge is 0.330 e. The maximum absolute atomic E-state index is 11.8. The van der Waals surface area contributed by atoms with Gasteiger partial charge >= 0.3 is 5.69 Å². The van der Waals surface area contributed by atoms with Crippen molar-refractivity contribution in [1.82, 2.24) is 9.55 Å². The van der Waals surface area contributed by atoms with Gasteiger partial charge in [0.05, 0.1) is 18.8 Å². The molecule has 0 radical (unpaired) electrons. The highest BCUT2D eigenvalue weighted by atomic mass is 16.5. The molecule has 0 aromatic carbocycles. The Kier molecular flexibility index (Phi) is 3.46. The van der Waals surface area contributed by atoms with Crippen LogP contribution in [0.3, 0.4) is 0 Å². The van der Waals surface area contributed by atoms with E-state index in [2.05, 4.69) is 16.8 Å². The van der Waals surface area contributed by atoms with Gasteiger partial charge in [0.25, 0.3) is 5.56 Å². The molecule has 2 heterocycles. The van der Waals surface area contributed by atoms with Gasteiger partial charge in [0.2, 0.25) is 0 Å². The maximum Gasteiger partial charge on any atom is 0.330 e. The fourth-order valence-electron chi connectivity index (χ4n) is 1.82. The zero-order chi connectivity index (χ0) is 14.7. The van der Waals surface area contributed by atoms with Crippen molar-refractivity contribution in [3.05, 3.63) is 32.6 Å². The van der Waals surface area contributed by atoms with E-state index in [-0.39, 0.29) is 25.4 Å². The number of nitrogens with one attached hydrogen (secondary N) is 1. The summed E-state index contributed by atoms with van der Waals surface area (Å²) in [6, 6.07) is 0. The van der Waals surface area contributed by atoms with E-state index in [4.69, 9.17) is 11.8 Å². The number of hydrogen-bond donors (Lipinski definition) is 3. The quantitative estimate of drug-likeness (QED) is 0.537. The highest BCUT2D eigenvalue weighted by molar-refractivity contribution is 5.29. The van der Waals surface area contributed by atoms with Crippen molar-refractivity contribution in [2.75, 3.05) is 6.54 Å². The molecule has 7 heteroatoms. The highest BCUT2D eigenvalue weighted by Crippen LogP contribution is 2.26. The molecule has 1 saturated heterocycles. The molecule has 0 aliphatic carbocycles. The van der Waals surface area contributed by atoms with Crippen molar-refractivity contribution in [3.63, 3.8) is 0 Å². The second-order valence-electron chi connectivity index (χ2n) is 4.15. The number of aliphatic hydroxyl groups excluding tert-OH is 1. The average Bonchev–Trinajstić information content (AvgIpc) is 2.79. The molecular formula is C12H15N3O4. The van der Waals surface area contributed by atoms with Gasteiger partial charge in [-0.25, -0.2) is 4.79 Å². The third-order valence-electron chi connectivity index (χ3n) is 2.81. The van der Waals surface area contributed by atoms with E-state index in [9.17, 15) is 14.7 Å². The Balaban J connectivity index is 2.38. The predicted molar refractivity (Wildman–Crippen MR) is 67.5 cm³/mol. The third kappa shape index (κ3) is 2.76. The van der Waals surface area contributed by atoms with Crippen LogP contribution in [0.25, 0.3) is 0 Å². The normalized spacial score (nSPS) is 26.6. The van der Waals surface area contributed by atoms with Crippen LogP contribution in [-0.2, 0) is 4.74 Å². The number of hydrogen-bond acceptors (Lipinski definition) is 5. The van der Waals surface area contributed by atoms with Crippen LogP contribution in [0.1, 0.15) is 26.5 Å². The molecule has 0 amide bonds. The van der Waals surface area contributed by atoms with E-state index >= 15 is 0 Å². The molecule has 1 aliphatic rings. The molecule has 1 aromatic rings. The second-order valence-corrected chi connectivity index (χ2v) is 4.15. The summed E-state index contributed by atoms with van der Waals surface area (Å²) in [5.74, 6) is 5.10. The summed E-state index contributed by atoms with van der Waals surface area (Å²) in [5.41, 5.74) is 4.10. The molecule has 0 saturated carbocycles. The summed E-state index contributed by atoms with van der Waals surface area (Å²) in [7, 11) is 0. The topological polar surface area (TPSA) is 110 Å². The lowest BCUT2D eigenvalue weighted by atomic mass is 10.2. The zero-order valence-electron chi connectivity index (χ0n) is 11.1. The summed E-state index contributed by atoms with van der Waals surface area (Å²) < 4.78 is 13.8. The summed E-state index contributed by atoms with van der Waals surface area (Å²) in [5, 5.41) is 9.70. The van der Waals surface area contributed by atoms with Gasteiger partial charge in [-0.05, 0) is 6.90 Å². The van der Waals surface area contributed by atoms with Crippen molar-refractivity contribution in [1.29, 1.82) is 0 Å². The van der Waals surface area contributed by atoms with Gasteiger partial charge in [-0.2, -0.15) is 0 Å². The van der Waals surface area contributed by atoms with E-state index in [1.54, 1.807) is 0 Å². The van der Waals surface area contributed by atoms with E-state index in [1.165, 1.54) is 10.8 Å². The number of rotatable bonds is 1. The summed E-state index contributed by atoms with van der Waals surface area (Å²) in [6.07, 6.45) is -0.706. The summed E-state index contributed by atoms with van der Waals surface area (Å²) in [6.45, 7) is -0.00622. The molecule has 0 bridgehead atoms. The van der Waals surface area contributed by atoms with E-state index in [1.807, 2.05) is 0 Å². The number of nitrogens with two attached hydrogens (primary N) is 1. The summed E-state index contributed by atoms with van der Waals surface area (Å²) in [4.78, 5) is 25.5. The van der Waals surface area contributed by atoms with Crippen LogP contribution >= 0.6 is 0 Å². The van der Waals surface area contributed by atoms with Crippen LogP contribution in [0.15, 0.2) is 15.8 Å². The minimum atomic E-state index is -0.810. The van der Waals surface area contributed by atoms with Crippen molar-refractivity contribution in [3.8, 4) is 11.8 Å². The number of aliphatic hydroxyl groups is 1. The Morgan fingerprint density at radius 3 is 3.16 bits per heavy atom. The van der Waals surface area contributed by atoms with Crippen LogP contribution in [0.5, 0.6) is 0 Å². The Morgan fingerprint density at radius 1 is 1.74 bits per heavy atom. The van der Waals surface area contributed by atoms with E-state index < -0.39 is 29.7 Å². The Hall–Kier alpha value is -1.88. The minimum absolute atomic E-state index is 0.0954. The van der Waals surface area contributed by atoms with Crippen molar-refractivity contribution < 1.29 is 11.2 Å². The van der Waals surface area contributed by atoms with Crippen LogP contribution in [0.4, 0.5) is 0 Å². The average molecular weight is 266 g/mol. The molecule has 1 fully saturated rings. The fraction of sp³-hybridized carbons (Fsp3) is 0.500. The number of aromatic nitrogens is 2. The first-order valence-corrected chi connectivity index (χ1v) is 5.74. The predicted octanol–water partition coefficient (Wildman–Crippen LogP) is -1.48. The standard InChI is InChI=1S/C12H15N3O4/c1-7-9(16)5-10(19-7)15-6-8(3-2-4-13)11(17)14-12(15)18/h6-7,9-10,16H,4-5,13H2,1H3,(H,14,17,18)/i1D. The molecule has 4 N–H and O–H groups in total. The van der Waals surface area contributed by atoms with Gasteiger partial charge in [-0.3, -0.25) is 14.3 Å². The minimum Gasteiger partial charge on any atom is -0.390 e. The second kappa shape index (κ2) is 5.40. The first-order chi connectivity index (χ1) is 9.56. The zero-order valence-corrected chi connectivity index (χ0v) is 10.1. The van der Waals surface area contributed by atoms with Crippen molar-refractivity contribution >= 4 is 0 Å². The maximum atomic E-state index is 11.8. The van der Waals surface area contributed by atoms with Gasteiger partial charge < -0.3 is 15.6 Å². The molecule has 19 heavy (non-hydrogen) atoms. The van der Waals surface area contributed by atoms with Gasteiger partial charge in [-0.1, -0.05) is 11.8 Å². The first-order valence-electron chi connectivity index (χ1n) is 6.44. The molecule has 1 aromatic heterocycles. The highest BCUT2D eigenvalue weighted by Gasteiger charge is 2.32. The molecule has 7 nitrogen and oxygen atoms in total. The van der Waals surface area contributed by atoms with E-state index in [0.29, 0.717) is 0 Å². The third-order valence-corrected chi connectivity index (χ3v) is 2.81. The Morgan fingerprint density at radius 2 is 2.53 bits per heavy atom. The van der Waals surface area contributed by atoms with Gasteiger partial charge in [0.15, 0.2) is 0 Å². The lowest BCUT2D eigenvalue weighted by Gasteiger charge is -2.13. The number of aromatic amines is 1. The van der Waals surface area contributed by atoms with Crippen molar-refractivity contribution in [2.24, 2.45) is 5.73 Å². The van der Waals surface area contributed by atoms with Crippen molar-refractivity contribution in [2.45, 2.75) is 31.8 Å². The van der Waals surface area contributed by atoms with Gasteiger partial charge in [-0.15, -0.1) is 0 Å². The van der Waals surface area contributed by atoms with Crippen LogP contribution < -0.4 is 17.0 Å². The SMILES string of the molecule is [2H]CC1OC(n2cc(C#CCN)c(=O)[nH]c2=O)CC1O. The molecule has 3 unspecified atom stereocenters. The van der Waals surface area contributed by atoms with Gasteiger partial charge in [0, 0.05) is 14.0 Å². The number of H-pyrrole nitrogens is 1.